The van der Waals surface area contributed by atoms with Crippen LogP contribution in [0, 0.1) is 10.8 Å². The molecule has 0 amide bonds. The lowest BCUT2D eigenvalue weighted by molar-refractivity contribution is 0.300. The van der Waals surface area contributed by atoms with E-state index in [9.17, 15) is 0 Å². The molecule has 0 aliphatic heterocycles. The minimum absolute atomic E-state index is 0.0524. The van der Waals surface area contributed by atoms with E-state index in [0.29, 0.717) is 6.61 Å². The van der Waals surface area contributed by atoms with Crippen molar-refractivity contribution in [3.8, 4) is 0 Å². The summed E-state index contributed by atoms with van der Waals surface area (Å²) in [6.07, 6.45) is 2.91. The summed E-state index contributed by atoms with van der Waals surface area (Å²) in [5, 5.41) is 13.4. The maximum absolute atomic E-state index is 6.85. The first-order valence-corrected chi connectivity index (χ1v) is 3.03. The molecule has 0 aliphatic carbocycles. The molecule has 2 N–H and O–H groups in total. The van der Waals surface area contributed by atoms with E-state index in [4.69, 9.17) is 15.6 Å². The summed E-state index contributed by atoms with van der Waals surface area (Å²) in [5.74, 6) is -0.0524. The standard InChI is InChI=1S/C6H12N2O/c1-2-3-4-9-6(8)5-7/h5,7-8H,2-4H2,1H3. The van der Waals surface area contributed by atoms with Gasteiger partial charge in [-0.3, -0.25) is 5.41 Å². The lowest BCUT2D eigenvalue weighted by Gasteiger charge is -1.99. The molecule has 0 rings (SSSR count). The van der Waals surface area contributed by atoms with Crippen LogP contribution in [-0.4, -0.2) is 18.7 Å². The zero-order valence-corrected chi connectivity index (χ0v) is 5.61. The summed E-state index contributed by atoms with van der Waals surface area (Å²) in [6.45, 7) is 2.61. The predicted molar refractivity (Wildman–Crippen MR) is 37.4 cm³/mol. The van der Waals surface area contributed by atoms with E-state index < -0.39 is 0 Å². The van der Waals surface area contributed by atoms with E-state index in [-0.39, 0.29) is 5.90 Å². The van der Waals surface area contributed by atoms with E-state index in [2.05, 4.69) is 6.92 Å². The minimum atomic E-state index is -0.0524. The third-order valence-corrected chi connectivity index (χ3v) is 0.887. The molecule has 0 unspecified atom stereocenters. The Morgan fingerprint density at radius 3 is 2.78 bits per heavy atom. The van der Waals surface area contributed by atoms with Crippen molar-refractivity contribution in [2.45, 2.75) is 19.8 Å². The molecule has 9 heavy (non-hydrogen) atoms. The first-order valence-electron chi connectivity index (χ1n) is 3.03. The molecule has 0 saturated heterocycles. The van der Waals surface area contributed by atoms with Gasteiger partial charge in [-0.15, -0.1) is 0 Å². The number of hydrogen-bond acceptors (Lipinski definition) is 3. The number of hydrogen-bond donors (Lipinski definition) is 2. The lowest BCUT2D eigenvalue weighted by atomic mass is 10.4. The van der Waals surface area contributed by atoms with Crippen molar-refractivity contribution in [3.63, 3.8) is 0 Å². The highest BCUT2D eigenvalue weighted by Gasteiger charge is 1.88. The second-order valence-electron chi connectivity index (χ2n) is 1.71. The summed E-state index contributed by atoms with van der Waals surface area (Å²) >= 11 is 0. The zero-order chi connectivity index (χ0) is 7.11. The molecule has 0 aromatic heterocycles. The molecule has 0 aromatic carbocycles. The Kier molecular flexibility index (Phi) is 4.78. The van der Waals surface area contributed by atoms with Crippen LogP contribution in [0.1, 0.15) is 19.8 Å². The highest BCUT2D eigenvalue weighted by Crippen LogP contribution is 1.86. The van der Waals surface area contributed by atoms with Crippen molar-refractivity contribution in [3.05, 3.63) is 0 Å². The predicted octanol–water partition coefficient (Wildman–Crippen LogP) is 1.43. The molecule has 0 atom stereocenters. The van der Waals surface area contributed by atoms with E-state index in [1.165, 1.54) is 0 Å². The van der Waals surface area contributed by atoms with Gasteiger partial charge in [-0.2, -0.15) is 0 Å². The van der Waals surface area contributed by atoms with E-state index in [1.54, 1.807) is 0 Å². The quantitative estimate of drug-likeness (QED) is 0.336. The van der Waals surface area contributed by atoms with Crippen LogP contribution in [0.3, 0.4) is 0 Å². The maximum atomic E-state index is 6.85. The third kappa shape index (κ3) is 5.00. The summed E-state index contributed by atoms with van der Waals surface area (Å²) in [4.78, 5) is 0. The van der Waals surface area contributed by atoms with E-state index in [0.717, 1.165) is 19.1 Å². The first-order chi connectivity index (χ1) is 4.31. The van der Waals surface area contributed by atoms with Gasteiger partial charge >= 0.3 is 0 Å². The van der Waals surface area contributed by atoms with Gasteiger partial charge in [-0.25, -0.2) is 0 Å². The number of rotatable bonds is 4. The summed E-state index contributed by atoms with van der Waals surface area (Å²) < 4.78 is 4.77. The SMILES string of the molecule is CCCCOC(=N)C=N. The van der Waals surface area contributed by atoms with Crippen LogP contribution in [0.25, 0.3) is 0 Å². The van der Waals surface area contributed by atoms with Gasteiger partial charge in [0.05, 0.1) is 12.8 Å². The lowest BCUT2D eigenvalue weighted by Crippen LogP contribution is -2.04. The molecule has 52 valence electrons. The van der Waals surface area contributed by atoms with E-state index >= 15 is 0 Å². The second kappa shape index (κ2) is 5.28. The van der Waals surface area contributed by atoms with Gasteiger partial charge in [-0.1, -0.05) is 13.3 Å². The van der Waals surface area contributed by atoms with Crippen molar-refractivity contribution in [1.82, 2.24) is 0 Å². The van der Waals surface area contributed by atoms with Crippen molar-refractivity contribution in [2.24, 2.45) is 0 Å². The molecule has 0 bridgehead atoms. The molecular weight excluding hydrogens is 116 g/mol. The van der Waals surface area contributed by atoms with Gasteiger partial charge < -0.3 is 10.1 Å². The van der Waals surface area contributed by atoms with Crippen LogP contribution in [0.4, 0.5) is 0 Å². The fraction of sp³-hybridized carbons (Fsp3) is 0.667. The second-order valence-corrected chi connectivity index (χ2v) is 1.71. The van der Waals surface area contributed by atoms with Crippen molar-refractivity contribution in [2.75, 3.05) is 6.61 Å². The van der Waals surface area contributed by atoms with Gasteiger partial charge in [-0.05, 0) is 6.42 Å². The Morgan fingerprint density at radius 1 is 1.67 bits per heavy atom. The summed E-state index contributed by atoms with van der Waals surface area (Å²) in [7, 11) is 0. The molecule has 0 saturated carbocycles. The van der Waals surface area contributed by atoms with Crippen LogP contribution >= 0.6 is 0 Å². The van der Waals surface area contributed by atoms with Crippen molar-refractivity contribution in [1.29, 1.82) is 10.8 Å². The monoisotopic (exact) mass is 128 g/mol. The van der Waals surface area contributed by atoms with Crippen LogP contribution in [0.15, 0.2) is 0 Å². The molecule has 0 aliphatic rings. The Morgan fingerprint density at radius 2 is 2.33 bits per heavy atom. The smallest absolute Gasteiger partial charge is 0.223 e. The van der Waals surface area contributed by atoms with Gasteiger partial charge in [0.15, 0.2) is 0 Å². The summed E-state index contributed by atoms with van der Waals surface area (Å²) in [5.41, 5.74) is 0. The van der Waals surface area contributed by atoms with Crippen molar-refractivity contribution >= 4 is 12.1 Å². The molecule has 3 nitrogen and oxygen atoms in total. The third-order valence-electron chi connectivity index (χ3n) is 0.887. The molecule has 0 heterocycles. The minimum Gasteiger partial charge on any atom is -0.477 e. The van der Waals surface area contributed by atoms with Gasteiger partial charge in [0.25, 0.3) is 0 Å². The normalized spacial score (nSPS) is 8.56. The average Bonchev–Trinajstić information content (AvgIpc) is 1.89. The molecular formula is C6H12N2O. The Labute approximate surface area is 55.0 Å². The first kappa shape index (κ1) is 8.14. The fourth-order valence-electron chi connectivity index (χ4n) is 0.368. The maximum Gasteiger partial charge on any atom is 0.223 e. The fourth-order valence-corrected chi connectivity index (χ4v) is 0.368. The Bertz CT molecular complexity index is 101. The van der Waals surface area contributed by atoms with Gasteiger partial charge in [0, 0.05) is 0 Å². The molecule has 3 heteroatoms. The topological polar surface area (TPSA) is 56.9 Å². The van der Waals surface area contributed by atoms with Crippen LogP contribution in [0.5, 0.6) is 0 Å². The van der Waals surface area contributed by atoms with Crippen molar-refractivity contribution < 1.29 is 4.74 Å². The molecule has 0 radical (unpaired) electrons. The van der Waals surface area contributed by atoms with Gasteiger partial charge in [0.2, 0.25) is 5.90 Å². The van der Waals surface area contributed by atoms with E-state index in [1.807, 2.05) is 0 Å². The van der Waals surface area contributed by atoms with Crippen LogP contribution in [0.2, 0.25) is 0 Å². The zero-order valence-electron chi connectivity index (χ0n) is 5.61. The largest absolute Gasteiger partial charge is 0.477 e. The molecule has 0 fully saturated rings. The highest BCUT2D eigenvalue weighted by molar-refractivity contribution is 6.23. The number of nitrogens with one attached hydrogen (secondary N) is 2. The van der Waals surface area contributed by atoms with Crippen LogP contribution in [-0.2, 0) is 4.74 Å². The highest BCUT2D eigenvalue weighted by atomic mass is 16.5. The van der Waals surface area contributed by atoms with Crippen LogP contribution < -0.4 is 0 Å². The molecule has 0 aromatic rings. The van der Waals surface area contributed by atoms with Gasteiger partial charge in [0.1, 0.15) is 0 Å². The Balaban J connectivity index is 3.07. The average molecular weight is 128 g/mol. The molecule has 0 spiro atoms. The Hall–Kier alpha value is -0.860. The summed E-state index contributed by atoms with van der Waals surface area (Å²) in [6, 6.07) is 0. The number of unbranched alkanes of at least 4 members (excludes halogenated alkanes) is 1. The number of ether oxygens (including phenoxy) is 1.